The molecule has 1 aromatic rings. The van der Waals surface area contributed by atoms with Crippen LogP contribution in [0.5, 0.6) is 11.5 Å². The Hall–Kier alpha value is -1.22. The molecular weight excluding hydrogens is 479 g/mol. The van der Waals surface area contributed by atoms with Gasteiger partial charge in [-0.2, -0.15) is 0 Å². The van der Waals surface area contributed by atoms with Crippen molar-refractivity contribution in [2.24, 2.45) is 10.9 Å². The number of para-hydroxylation sites is 1. The number of hydrogen-bond donors (Lipinski definition) is 2. The molecule has 29 heavy (non-hydrogen) atoms. The Kier molecular flexibility index (Phi) is 10.3. The highest BCUT2D eigenvalue weighted by molar-refractivity contribution is 14.0. The molecule has 1 saturated heterocycles. The molecule has 0 bridgehead atoms. The van der Waals surface area contributed by atoms with Crippen LogP contribution in [0.1, 0.15) is 44.6 Å². The molecule has 0 aromatic heterocycles. The highest BCUT2D eigenvalue weighted by Crippen LogP contribution is 2.35. The minimum absolute atomic E-state index is 0. The average molecular weight is 516 g/mol. The summed E-state index contributed by atoms with van der Waals surface area (Å²) < 4.78 is 11.9. The minimum Gasteiger partial charge on any atom is -0.493 e. The van der Waals surface area contributed by atoms with Crippen molar-refractivity contribution in [3.8, 4) is 11.5 Å². The first-order valence-corrected chi connectivity index (χ1v) is 10.7. The first-order valence-electron chi connectivity index (χ1n) is 10.7. The fraction of sp³-hybridized carbons (Fsp3) is 0.682. The first kappa shape index (κ1) is 24.1. The van der Waals surface area contributed by atoms with Crippen LogP contribution in [0.3, 0.4) is 0 Å². The summed E-state index contributed by atoms with van der Waals surface area (Å²) in [6.45, 7) is 6.81. The number of halogens is 1. The van der Waals surface area contributed by atoms with Crippen molar-refractivity contribution in [2.45, 2.75) is 51.7 Å². The minimum atomic E-state index is 0. The van der Waals surface area contributed by atoms with E-state index in [9.17, 15) is 0 Å². The van der Waals surface area contributed by atoms with E-state index in [0.717, 1.165) is 55.5 Å². The number of benzene rings is 1. The predicted octanol–water partition coefficient (Wildman–Crippen LogP) is 3.64. The lowest BCUT2D eigenvalue weighted by molar-refractivity contribution is 0.198. The van der Waals surface area contributed by atoms with Crippen LogP contribution >= 0.6 is 24.0 Å². The maximum absolute atomic E-state index is 6.33. The third-order valence-corrected chi connectivity index (χ3v) is 5.67. The molecule has 3 rings (SSSR count). The molecule has 1 aliphatic heterocycles. The van der Waals surface area contributed by atoms with E-state index < -0.39 is 0 Å². The highest BCUT2D eigenvalue weighted by Gasteiger charge is 2.21. The van der Waals surface area contributed by atoms with E-state index in [1.54, 1.807) is 7.11 Å². The molecule has 1 aromatic carbocycles. The van der Waals surface area contributed by atoms with E-state index in [-0.39, 0.29) is 24.0 Å². The lowest BCUT2D eigenvalue weighted by atomic mass is 10.1. The van der Waals surface area contributed by atoms with Crippen molar-refractivity contribution in [2.75, 3.05) is 40.3 Å². The summed E-state index contributed by atoms with van der Waals surface area (Å²) in [7, 11) is 3.89. The number of guanidine groups is 1. The zero-order chi connectivity index (χ0) is 19.8. The standard InChI is InChI=1S/C22H36N4O2.HI/c1-4-23-22(24-14-17-12-13-26(2)16-17)25-15-18-8-7-11-20(27-3)21(18)28-19-9-5-6-10-19;/h7-8,11,17,19H,4-6,9-10,12-16H2,1-3H3,(H2,23,24,25);1H. The third kappa shape index (κ3) is 7.20. The van der Waals surface area contributed by atoms with E-state index in [2.05, 4.69) is 35.6 Å². The van der Waals surface area contributed by atoms with Crippen LogP contribution in [0, 0.1) is 5.92 Å². The fourth-order valence-corrected chi connectivity index (χ4v) is 4.09. The number of aliphatic imine (C=N–C) groups is 1. The molecule has 6 nitrogen and oxygen atoms in total. The van der Waals surface area contributed by atoms with Crippen molar-refractivity contribution in [3.05, 3.63) is 23.8 Å². The summed E-state index contributed by atoms with van der Waals surface area (Å²) in [6, 6.07) is 6.07. The van der Waals surface area contributed by atoms with Crippen LogP contribution in [-0.2, 0) is 6.54 Å². The normalized spacial score (nSPS) is 20.4. The molecule has 1 aliphatic carbocycles. The van der Waals surface area contributed by atoms with E-state index in [4.69, 9.17) is 14.5 Å². The maximum Gasteiger partial charge on any atom is 0.191 e. The van der Waals surface area contributed by atoms with Crippen LogP contribution < -0.4 is 20.1 Å². The van der Waals surface area contributed by atoms with Gasteiger partial charge in [-0.3, -0.25) is 0 Å². The Morgan fingerprint density at radius 1 is 1.21 bits per heavy atom. The molecule has 1 unspecified atom stereocenters. The van der Waals surface area contributed by atoms with E-state index >= 15 is 0 Å². The van der Waals surface area contributed by atoms with Gasteiger partial charge in [0.15, 0.2) is 17.5 Å². The smallest absolute Gasteiger partial charge is 0.191 e. The van der Waals surface area contributed by atoms with Gasteiger partial charge in [-0.1, -0.05) is 12.1 Å². The number of methoxy groups -OCH3 is 1. The molecule has 1 saturated carbocycles. The molecule has 2 N–H and O–H groups in total. The van der Waals surface area contributed by atoms with Gasteiger partial charge < -0.3 is 25.0 Å². The zero-order valence-electron chi connectivity index (χ0n) is 18.1. The van der Waals surface area contributed by atoms with Gasteiger partial charge in [0.05, 0.1) is 19.8 Å². The van der Waals surface area contributed by atoms with Crippen molar-refractivity contribution in [1.29, 1.82) is 0 Å². The second kappa shape index (κ2) is 12.5. The Balaban J connectivity index is 0.00000300. The average Bonchev–Trinajstić information content (AvgIpc) is 3.36. The Labute approximate surface area is 192 Å². The lowest BCUT2D eigenvalue weighted by Gasteiger charge is -2.19. The molecule has 0 amide bonds. The molecule has 164 valence electrons. The van der Waals surface area contributed by atoms with Gasteiger partial charge in [-0.25, -0.2) is 4.99 Å². The quantitative estimate of drug-likeness (QED) is 0.314. The number of likely N-dealkylation sites (tertiary alicyclic amines) is 1. The number of rotatable bonds is 8. The fourth-order valence-electron chi connectivity index (χ4n) is 4.09. The van der Waals surface area contributed by atoms with Gasteiger partial charge in [-0.15, -0.1) is 24.0 Å². The number of nitrogens with zero attached hydrogens (tertiary/aromatic N) is 2. The molecule has 7 heteroatoms. The second-order valence-electron chi connectivity index (χ2n) is 7.97. The molecule has 0 radical (unpaired) electrons. The van der Waals surface area contributed by atoms with Gasteiger partial charge >= 0.3 is 0 Å². The van der Waals surface area contributed by atoms with Crippen molar-refractivity contribution in [3.63, 3.8) is 0 Å². The van der Waals surface area contributed by atoms with Gasteiger partial charge in [-0.05, 0) is 64.6 Å². The van der Waals surface area contributed by atoms with E-state index in [1.165, 1.54) is 25.8 Å². The van der Waals surface area contributed by atoms with Crippen LogP contribution in [-0.4, -0.2) is 57.3 Å². The third-order valence-electron chi connectivity index (χ3n) is 5.67. The monoisotopic (exact) mass is 516 g/mol. The summed E-state index contributed by atoms with van der Waals surface area (Å²) in [6.07, 6.45) is 6.29. The van der Waals surface area contributed by atoms with Crippen LogP contribution in [0.25, 0.3) is 0 Å². The molecule has 1 atom stereocenters. The largest absolute Gasteiger partial charge is 0.493 e. The second-order valence-corrected chi connectivity index (χ2v) is 7.97. The Morgan fingerprint density at radius 2 is 2.00 bits per heavy atom. The van der Waals surface area contributed by atoms with Gasteiger partial charge in [0, 0.05) is 25.2 Å². The molecule has 2 aliphatic rings. The first-order chi connectivity index (χ1) is 13.7. The van der Waals surface area contributed by atoms with Crippen LogP contribution in [0.15, 0.2) is 23.2 Å². The van der Waals surface area contributed by atoms with Crippen molar-refractivity contribution in [1.82, 2.24) is 15.5 Å². The van der Waals surface area contributed by atoms with Crippen LogP contribution in [0.2, 0.25) is 0 Å². The maximum atomic E-state index is 6.33. The van der Waals surface area contributed by atoms with Crippen molar-refractivity contribution >= 4 is 29.9 Å². The number of ether oxygens (including phenoxy) is 2. The molecular formula is C22H37IN4O2. The van der Waals surface area contributed by atoms with Crippen molar-refractivity contribution < 1.29 is 9.47 Å². The highest BCUT2D eigenvalue weighted by atomic mass is 127. The predicted molar refractivity (Wildman–Crippen MR) is 130 cm³/mol. The number of nitrogens with one attached hydrogen (secondary N) is 2. The molecule has 1 heterocycles. The van der Waals surface area contributed by atoms with E-state index in [0.29, 0.717) is 18.6 Å². The summed E-state index contributed by atoms with van der Waals surface area (Å²) in [5.41, 5.74) is 1.07. The summed E-state index contributed by atoms with van der Waals surface area (Å²) in [5, 5.41) is 6.88. The van der Waals surface area contributed by atoms with Gasteiger partial charge in [0.2, 0.25) is 0 Å². The Bertz CT molecular complexity index is 650. The topological polar surface area (TPSA) is 58.1 Å². The summed E-state index contributed by atoms with van der Waals surface area (Å²) in [4.78, 5) is 7.21. The van der Waals surface area contributed by atoms with E-state index in [1.807, 2.05) is 12.1 Å². The summed E-state index contributed by atoms with van der Waals surface area (Å²) in [5.74, 6) is 3.21. The number of hydrogen-bond acceptors (Lipinski definition) is 4. The Morgan fingerprint density at radius 3 is 2.66 bits per heavy atom. The molecule has 2 fully saturated rings. The van der Waals surface area contributed by atoms with Gasteiger partial charge in [0.1, 0.15) is 0 Å². The van der Waals surface area contributed by atoms with Crippen LogP contribution in [0.4, 0.5) is 0 Å². The zero-order valence-corrected chi connectivity index (χ0v) is 20.4. The summed E-state index contributed by atoms with van der Waals surface area (Å²) >= 11 is 0. The SMILES string of the molecule is CCNC(=NCc1cccc(OC)c1OC1CCCC1)NCC1CCN(C)C1.I. The lowest BCUT2D eigenvalue weighted by Crippen LogP contribution is -2.40. The molecule has 0 spiro atoms. The van der Waals surface area contributed by atoms with Gasteiger partial charge in [0.25, 0.3) is 0 Å².